The molecule has 2 heteroatoms. The average molecular weight is 242 g/mol. The number of hydrogen-bond donors (Lipinski definition) is 2. The van der Waals surface area contributed by atoms with Crippen molar-refractivity contribution < 1.29 is 10.2 Å². The molecule has 0 saturated heterocycles. The maximum atomic E-state index is 9.71. The van der Waals surface area contributed by atoms with Gasteiger partial charge in [0.25, 0.3) is 0 Å². The Morgan fingerprint density at radius 3 is 1.71 bits per heavy atom. The Morgan fingerprint density at radius 1 is 0.882 bits per heavy atom. The summed E-state index contributed by atoms with van der Waals surface area (Å²) in [5, 5.41) is 18.3. The topological polar surface area (TPSA) is 40.5 Å². The van der Waals surface area contributed by atoms with Crippen LogP contribution in [0.15, 0.2) is 12.7 Å². The SMILES string of the molecule is C=CC(C)(O)CCCCCCCCCCCO. The molecule has 0 radical (unpaired) electrons. The zero-order chi connectivity index (χ0) is 13.0. The van der Waals surface area contributed by atoms with E-state index in [4.69, 9.17) is 5.11 Å². The molecule has 1 atom stereocenters. The zero-order valence-corrected chi connectivity index (χ0v) is 11.5. The number of hydrogen-bond acceptors (Lipinski definition) is 2. The van der Waals surface area contributed by atoms with Crippen LogP contribution in [0.3, 0.4) is 0 Å². The summed E-state index contributed by atoms with van der Waals surface area (Å²) >= 11 is 0. The fraction of sp³-hybridized carbons (Fsp3) is 0.867. The quantitative estimate of drug-likeness (QED) is 0.403. The lowest BCUT2D eigenvalue weighted by Crippen LogP contribution is -2.19. The molecule has 0 aliphatic rings. The third kappa shape index (κ3) is 11.9. The van der Waals surface area contributed by atoms with Crippen LogP contribution >= 0.6 is 0 Å². The van der Waals surface area contributed by atoms with E-state index in [1.165, 1.54) is 44.9 Å². The number of rotatable bonds is 12. The van der Waals surface area contributed by atoms with Crippen LogP contribution in [0.1, 0.15) is 71.1 Å². The molecule has 0 aliphatic heterocycles. The van der Waals surface area contributed by atoms with E-state index >= 15 is 0 Å². The lowest BCUT2D eigenvalue weighted by Gasteiger charge is -2.17. The van der Waals surface area contributed by atoms with Gasteiger partial charge < -0.3 is 10.2 Å². The van der Waals surface area contributed by atoms with Gasteiger partial charge in [-0.05, 0) is 19.8 Å². The summed E-state index contributed by atoms with van der Waals surface area (Å²) < 4.78 is 0. The largest absolute Gasteiger partial charge is 0.396 e. The molecule has 0 saturated carbocycles. The van der Waals surface area contributed by atoms with Crippen molar-refractivity contribution in [1.29, 1.82) is 0 Å². The third-order valence-electron chi connectivity index (χ3n) is 3.28. The van der Waals surface area contributed by atoms with Gasteiger partial charge in [0.1, 0.15) is 0 Å². The summed E-state index contributed by atoms with van der Waals surface area (Å²) in [6.07, 6.45) is 13.3. The van der Waals surface area contributed by atoms with Gasteiger partial charge in [-0.1, -0.05) is 57.4 Å². The fourth-order valence-corrected chi connectivity index (χ4v) is 1.93. The van der Waals surface area contributed by atoms with E-state index in [9.17, 15) is 5.11 Å². The maximum absolute atomic E-state index is 9.71. The van der Waals surface area contributed by atoms with E-state index in [1.54, 1.807) is 6.08 Å². The van der Waals surface area contributed by atoms with Crippen LogP contribution in [0.4, 0.5) is 0 Å². The molecule has 2 N–H and O–H groups in total. The van der Waals surface area contributed by atoms with Crippen LogP contribution in [0.25, 0.3) is 0 Å². The predicted octanol–water partition coefficient (Wildman–Crippen LogP) is 3.82. The minimum absolute atomic E-state index is 0.337. The molecule has 0 aliphatic carbocycles. The minimum Gasteiger partial charge on any atom is -0.396 e. The molecule has 0 amide bonds. The van der Waals surface area contributed by atoms with E-state index in [0.29, 0.717) is 6.61 Å². The third-order valence-corrected chi connectivity index (χ3v) is 3.28. The molecule has 102 valence electrons. The number of aliphatic hydroxyl groups excluding tert-OH is 1. The van der Waals surface area contributed by atoms with E-state index in [1.807, 2.05) is 6.92 Å². The Bertz CT molecular complexity index is 176. The minimum atomic E-state index is -0.676. The first kappa shape index (κ1) is 16.7. The van der Waals surface area contributed by atoms with Crippen LogP contribution in [-0.2, 0) is 0 Å². The van der Waals surface area contributed by atoms with Crippen LogP contribution in [0.5, 0.6) is 0 Å². The highest BCUT2D eigenvalue weighted by Gasteiger charge is 2.13. The normalized spacial score (nSPS) is 14.5. The molecule has 17 heavy (non-hydrogen) atoms. The Hall–Kier alpha value is -0.340. The average Bonchev–Trinajstić information content (AvgIpc) is 2.31. The van der Waals surface area contributed by atoms with Crippen molar-refractivity contribution in [3.05, 3.63) is 12.7 Å². The van der Waals surface area contributed by atoms with Crippen molar-refractivity contribution in [2.45, 2.75) is 76.7 Å². The second kappa shape index (κ2) is 10.8. The molecule has 0 aromatic rings. The molecule has 0 aromatic heterocycles. The molecule has 0 fully saturated rings. The molecule has 0 heterocycles. The second-order valence-corrected chi connectivity index (χ2v) is 5.22. The molecular formula is C15H30O2. The molecule has 2 nitrogen and oxygen atoms in total. The monoisotopic (exact) mass is 242 g/mol. The Kier molecular flexibility index (Phi) is 10.6. The van der Waals surface area contributed by atoms with Gasteiger partial charge in [0.2, 0.25) is 0 Å². The van der Waals surface area contributed by atoms with Gasteiger partial charge in [-0.2, -0.15) is 0 Å². The first-order chi connectivity index (χ1) is 8.12. The summed E-state index contributed by atoms with van der Waals surface area (Å²) in [5.74, 6) is 0. The predicted molar refractivity (Wildman–Crippen MR) is 74.1 cm³/mol. The lowest BCUT2D eigenvalue weighted by molar-refractivity contribution is 0.0988. The van der Waals surface area contributed by atoms with Crippen molar-refractivity contribution in [1.82, 2.24) is 0 Å². The van der Waals surface area contributed by atoms with Crippen LogP contribution in [0, 0.1) is 0 Å². The molecule has 1 unspecified atom stereocenters. The van der Waals surface area contributed by atoms with E-state index in [0.717, 1.165) is 19.3 Å². The molecule has 0 spiro atoms. The Balaban J connectivity index is 3.11. The van der Waals surface area contributed by atoms with Gasteiger partial charge >= 0.3 is 0 Å². The molecule has 0 aromatic carbocycles. The van der Waals surface area contributed by atoms with Crippen molar-refractivity contribution in [3.63, 3.8) is 0 Å². The lowest BCUT2D eigenvalue weighted by atomic mass is 9.98. The van der Waals surface area contributed by atoms with Crippen LogP contribution in [0.2, 0.25) is 0 Å². The molecular weight excluding hydrogens is 212 g/mol. The van der Waals surface area contributed by atoms with Crippen LogP contribution < -0.4 is 0 Å². The van der Waals surface area contributed by atoms with Gasteiger partial charge in [-0.3, -0.25) is 0 Å². The molecule has 0 bridgehead atoms. The van der Waals surface area contributed by atoms with Crippen molar-refractivity contribution in [3.8, 4) is 0 Å². The van der Waals surface area contributed by atoms with Gasteiger partial charge in [0, 0.05) is 6.61 Å². The molecule has 0 rings (SSSR count). The van der Waals surface area contributed by atoms with Crippen molar-refractivity contribution in [2.75, 3.05) is 6.61 Å². The Morgan fingerprint density at radius 2 is 1.29 bits per heavy atom. The first-order valence-corrected chi connectivity index (χ1v) is 7.09. The smallest absolute Gasteiger partial charge is 0.0797 e. The van der Waals surface area contributed by atoms with Gasteiger partial charge in [0.15, 0.2) is 0 Å². The second-order valence-electron chi connectivity index (χ2n) is 5.22. The van der Waals surface area contributed by atoms with Gasteiger partial charge in [-0.25, -0.2) is 0 Å². The van der Waals surface area contributed by atoms with Gasteiger partial charge in [0.05, 0.1) is 5.60 Å². The summed E-state index contributed by atoms with van der Waals surface area (Å²) in [6.45, 7) is 5.79. The highest BCUT2D eigenvalue weighted by atomic mass is 16.3. The number of aliphatic hydroxyl groups is 2. The maximum Gasteiger partial charge on any atom is 0.0797 e. The standard InChI is InChI=1S/C15H30O2/c1-3-15(2,17)13-11-9-7-5-4-6-8-10-12-14-16/h3,16-17H,1,4-14H2,2H3. The summed E-state index contributed by atoms with van der Waals surface area (Å²) in [4.78, 5) is 0. The van der Waals surface area contributed by atoms with Crippen molar-refractivity contribution >= 4 is 0 Å². The van der Waals surface area contributed by atoms with Gasteiger partial charge in [-0.15, -0.1) is 6.58 Å². The zero-order valence-electron chi connectivity index (χ0n) is 11.5. The highest BCUT2D eigenvalue weighted by molar-refractivity contribution is 4.91. The Labute approximate surface area is 107 Å². The van der Waals surface area contributed by atoms with E-state index < -0.39 is 5.60 Å². The van der Waals surface area contributed by atoms with Crippen molar-refractivity contribution in [2.24, 2.45) is 0 Å². The van der Waals surface area contributed by atoms with Crippen LogP contribution in [-0.4, -0.2) is 22.4 Å². The van der Waals surface area contributed by atoms with E-state index in [2.05, 4.69) is 6.58 Å². The highest BCUT2D eigenvalue weighted by Crippen LogP contribution is 2.16. The summed E-state index contributed by atoms with van der Waals surface area (Å²) in [5.41, 5.74) is -0.676. The number of unbranched alkanes of at least 4 members (excludes halogenated alkanes) is 8. The summed E-state index contributed by atoms with van der Waals surface area (Å²) in [6, 6.07) is 0. The van der Waals surface area contributed by atoms with E-state index in [-0.39, 0.29) is 0 Å². The fourth-order valence-electron chi connectivity index (χ4n) is 1.93. The summed E-state index contributed by atoms with van der Waals surface area (Å²) in [7, 11) is 0. The first-order valence-electron chi connectivity index (χ1n) is 7.09.